The number of benzene rings is 2. The molecule has 0 atom stereocenters. The fourth-order valence-electron chi connectivity index (χ4n) is 3.12. The van der Waals surface area contributed by atoms with Crippen LogP contribution in [0, 0.1) is 11.6 Å². The lowest BCUT2D eigenvalue weighted by Gasteiger charge is -2.32. The van der Waals surface area contributed by atoms with E-state index in [1.807, 2.05) is 0 Å². The second-order valence-corrected chi connectivity index (χ2v) is 7.70. The summed E-state index contributed by atoms with van der Waals surface area (Å²) in [5.74, 6) is -1.63. The molecule has 1 N–H and O–H groups in total. The molecular weight excluding hydrogens is 446 g/mol. The number of piperidine rings is 1. The van der Waals surface area contributed by atoms with E-state index < -0.39 is 11.6 Å². The highest BCUT2D eigenvalue weighted by Crippen LogP contribution is 2.23. The number of nitrogens with one attached hydrogen (secondary N) is 1. The summed E-state index contributed by atoms with van der Waals surface area (Å²) in [6.45, 7) is 1.24. The van der Waals surface area contributed by atoms with Crippen molar-refractivity contribution in [1.29, 1.82) is 0 Å². The summed E-state index contributed by atoms with van der Waals surface area (Å²) in [5, 5.41) is 2.74. The van der Waals surface area contributed by atoms with Gasteiger partial charge in [0.15, 0.2) is 11.6 Å². The van der Waals surface area contributed by atoms with Gasteiger partial charge < -0.3 is 15.0 Å². The highest BCUT2D eigenvalue weighted by molar-refractivity contribution is 9.10. The summed E-state index contributed by atoms with van der Waals surface area (Å²) in [4.78, 5) is 26.1. The van der Waals surface area contributed by atoms with Gasteiger partial charge in [0.1, 0.15) is 11.9 Å². The van der Waals surface area contributed by atoms with Crippen molar-refractivity contribution in [3.8, 4) is 5.75 Å². The second kappa shape index (κ2) is 9.82. The van der Waals surface area contributed by atoms with E-state index in [1.165, 1.54) is 6.07 Å². The molecule has 1 aliphatic rings. The molecule has 2 aromatic rings. The summed E-state index contributed by atoms with van der Waals surface area (Å²) >= 11 is 3.31. The summed E-state index contributed by atoms with van der Waals surface area (Å²) in [6.07, 6.45) is 1.11. The van der Waals surface area contributed by atoms with E-state index in [9.17, 15) is 18.4 Å². The van der Waals surface area contributed by atoms with Crippen LogP contribution in [0.2, 0.25) is 0 Å². The molecule has 3 rings (SSSR count). The third-order valence-corrected chi connectivity index (χ3v) is 5.24. The molecule has 0 spiro atoms. The van der Waals surface area contributed by atoms with Crippen molar-refractivity contribution in [3.05, 3.63) is 64.1 Å². The fourth-order valence-corrected chi connectivity index (χ4v) is 3.38. The van der Waals surface area contributed by atoms with Gasteiger partial charge in [0.25, 0.3) is 5.91 Å². The van der Waals surface area contributed by atoms with Crippen LogP contribution < -0.4 is 10.1 Å². The molecular formula is C21H21BrF2N2O3. The van der Waals surface area contributed by atoms with Gasteiger partial charge in [0.2, 0.25) is 5.91 Å². The Hall–Kier alpha value is -2.48. The van der Waals surface area contributed by atoms with E-state index in [1.54, 1.807) is 29.2 Å². The SMILES string of the molecule is O=C(NCCC(=O)N1CCC(Oc2ccc(F)cc2F)CC1)c1ccc(Br)cc1. The normalized spacial score (nSPS) is 14.5. The molecule has 8 heteroatoms. The minimum absolute atomic E-state index is 0.0202. The van der Waals surface area contributed by atoms with Crippen LogP contribution in [0.25, 0.3) is 0 Å². The smallest absolute Gasteiger partial charge is 0.251 e. The van der Waals surface area contributed by atoms with Gasteiger partial charge in [-0.05, 0) is 36.4 Å². The predicted octanol–water partition coefficient (Wildman–Crippen LogP) is 3.92. The molecule has 2 amide bonds. The van der Waals surface area contributed by atoms with Gasteiger partial charge in [-0.1, -0.05) is 15.9 Å². The summed E-state index contributed by atoms with van der Waals surface area (Å²) in [5.41, 5.74) is 0.534. The Labute approximate surface area is 176 Å². The number of carbonyl (C=O) groups is 2. The standard InChI is InChI=1S/C21H21BrF2N2O3/c22-15-3-1-14(2-4-15)21(28)25-10-7-20(27)26-11-8-17(9-12-26)29-19-6-5-16(23)13-18(19)24/h1-6,13,17H,7-12H2,(H,25,28). The largest absolute Gasteiger partial charge is 0.487 e. The summed E-state index contributed by atoms with van der Waals surface area (Å²) < 4.78 is 33.1. The molecule has 154 valence electrons. The first kappa shape index (κ1) is 21.2. The first-order valence-electron chi connectivity index (χ1n) is 9.35. The lowest BCUT2D eigenvalue weighted by Crippen LogP contribution is -2.42. The van der Waals surface area contributed by atoms with Crippen LogP contribution >= 0.6 is 15.9 Å². The van der Waals surface area contributed by atoms with E-state index in [0.717, 1.165) is 16.6 Å². The van der Waals surface area contributed by atoms with Crippen molar-refractivity contribution in [2.24, 2.45) is 0 Å². The first-order chi connectivity index (χ1) is 13.9. The molecule has 1 saturated heterocycles. The van der Waals surface area contributed by atoms with Gasteiger partial charge in [-0.2, -0.15) is 0 Å². The number of ether oxygens (including phenoxy) is 1. The van der Waals surface area contributed by atoms with E-state index in [0.29, 0.717) is 31.5 Å². The number of rotatable bonds is 6. The number of amides is 2. The van der Waals surface area contributed by atoms with Crippen molar-refractivity contribution in [1.82, 2.24) is 10.2 Å². The summed E-state index contributed by atoms with van der Waals surface area (Å²) in [7, 11) is 0. The number of likely N-dealkylation sites (tertiary alicyclic amines) is 1. The van der Waals surface area contributed by atoms with Gasteiger partial charge in [0, 0.05) is 55.0 Å². The van der Waals surface area contributed by atoms with Crippen LogP contribution in [0.4, 0.5) is 8.78 Å². The minimum Gasteiger partial charge on any atom is -0.487 e. The molecule has 0 aromatic heterocycles. The Morgan fingerprint density at radius 1 is 1.10 bits per heavy atom. The number of carbonyl (C=O) groups excluding carboxylic acids is 2. The number of hydrogen-bond donors (Lipinski definition) is 1. The van der Waals surface area contributed by atoms with Crippen molar-refractivity contribution in [3.63, 3.8) is 0 Å². The van der Waals surface area contributed by atoms with Crippen LogP contribution in [0.15, 0.2) is 46.9 Å². The molecule has 2 aromatic carbocycles. The third-order valence-electron chi connectivity index (χ3n) is 4.71. The Morgan fingerprint density at radius 2 is 1.79 bits per heavy atom. The molecule has 5 nitrogen and oxygen atoms in total. The average Bonchev–Trinajstić information content (AvgIpc) is 2.71. The van der Waals surface area contributed by atoms with Crippen LogP contribution in [0.1, 0.15) is 29.6 Å². The lowest BCUT2D eigenvalue weighted by molar-refractivity contribution is -0.132. The minimum atomic E-state index is -0.731. The number of nitrogens with zero attached hydrogens (tertiary/aromatic N) is 1. The second-order valence-electron chi connectivity index (χ2n) is 6.79. The zero-order valence-corrected chi connectivity index (χ0v) is 17.3. The highest BCUT2D eigenvalue weighted by atomic mass is 79.9. The molecule has 0 bridgehead atoms. The Balaban J connectivity index is 1.39. The van der Waals surface area contributed by atoms with Gasteiger partial charge in [-0.3, -0.25) is 9.59 Å². The summed E-state index contributed by atoms with van der Waals surface area (Å²) in [6, 6.07) is 10.2. The maximum Gasteiger partial charge on any atom is 0.251 e. The van der Waals surface area contributed by atoms with Crippen LogP contribution in [0.3, 0.4) is 0 Å². The molecule has 0 saturated carbocycles. The van der Waals surface area contributed by atoms with Gasteiger partial charge in [0.05, 0.1) is 0 Å². The zero-order chi connectivity index (χ0) is 20.8. The topological polar surface area (TPSA) is 58.6 Å². The van der Waals surface area contributed by atoms with Gasteiger partial charge in [-0.25, -0.2) is 8.78 Å². The monoisotopic (exact) mass is 466 g/mol. The fraction of sp³-hybridized carbons (Fsp3) is 0.333. The Morgan fingerprint density at radius 3 is 2.45 bits per heavy atom. The molecule has 1 aliphatic heterocycles. The molecule has 1 heterocycles. The van der Waals surface area contributed by atoms with Crippen molar-refractivity contribution < 1.29 is 23.1 Å². The number of halogens is 3. The van der Waals surface area contributed by atoms with Crippen LogP contribution in [0.5, 0.6) is 5.75 Å². The molecule has 1 fully saturated rings. The molecule has 0 aliphatic carbocycles. The number of hydrogen-bond acceptors (Lipinski definition) is 3. The van der Waals surface area contributed by atoms with E-state index in [2.05, 4.69) is 21.2 Å². The molecule has 0 radical (unpaired) electrons. The maximum atomic E-state index is 13.7. The zero-order valence-electron chi connectivity index (χ0n) is 15.7. The average molecular weight is 467 g/mol. The maximum absolute atomic E-state index is 13.7. The van der Waals surface area contributed by atoms with E-state index >= 15 is 0 Å². The van der Waals surface area contributed by atoms with E-state index in [-0.39, 0.29) is 36.6 Å². The lowest BCUT2D eigenvalue weighted by atomic mass is 10.1. The molecule has 29 heavy (non-hydrogen) atoms. The van der Waals surface area contributed by atoms with Crippen molar-refractivity contribution >= 4 is 27.7 Å². The molecule has 0 unspecified atom stereocenters. The van der Waals surface area contributed by atoms with Gasteiger partial charge >= 0.3 is 0 Å². The predicted molar refractivity (Wildman–Crippen MR) is 108 cm³/mol. The van der Waals surface area contributed by atoms with Crippen molar-refractivity contribution in [2.75, 3.05) is 19.6 Å². The Bertz CT molecular complexity index is 869. The first-order valence-corrected chi connectivity index (χ1v) is 10.1. The van der Waals surface area contributed by atoms with E-state index in [4.69, 9.17) is 4.74 Å². The van der Waals surface area contributed by atoms with Crippen LogP contribution in [-0.4, -0.2) is 42.5 Å². The van der Waals surface area contributed by atoms with Crippen LogP contribution in [-0.2, 0) is 4.79 Å². The highest BCUT2D eigenvalue weighted by Gasteiger charge is 2.24. The quantitative estimate of drug-likeness (QED) is 0.701. The van der Waals surface area contributed by atoms with Gasteiger partial charge in [-0.15, -0.1) is 0 Å². The van der Waals surface area contributed by atoms with Crippen molar-refractivity contribution in [2.45, 2.75) is 25.4 Å². The Kier molecular flexibility index (Phi) is 7.19. The third kappa shape index (κ3) is 6.00.